The van der Waals surface area contributed by atoms with Gasteiger partial charge in [-0.05, 0) is 53.8 Å². The Labute approximate surface area is 158 Å². The summed E-state index contributed by atoms with van der Waals surface area (Å²) in [5.41, 5.74) is 6.59. The maximum absolute atomic E-state index is 10.1. The fourth-order valence-corrected chi connectivity index (χ4v) is 4.12. The minimum absolute atomic E-state index is 0.0809. The molecule has 0 spiro atoms. The molecule has 4 N–H and O–H groups in total. The van der Waals surface area contributed by atoms with Crippen molar-refractivity contribution in [2.45, 2.75) is 32.2 Å². The average molecular weight is 361 g/mol. The van der Waals surface area contributed by atoms with Crippen LogP contribution in [0.1, 0.15) is 48.9 Å². The summed E-state index contributed by atoms with van der Waals surface area (Å²) in [6.45, 7) is 4.09. The van der Waals surface area contributed by atoms with Crippen LogP contribution in [0.4, 0.5) is 5.69 Å². The van der Waals surface area contributed by atoms with Crippen LogP contribution in [-0.4, -0.2) is 15.3 Å². The van der Waals surface area contributed by atoms with Gasteiger partial charge in [-0.15, -0.1) is 0 Å². The van der Waals surface area contributed by atoms with E-state index in [0.29, 0.717) is 11.5 Å². The molecule has 138 valence electrons. The lowest BCUT2D eigenvalue weighted by Crippen LogP contribution is -2.07. The molecule has 0 saturated heterocycles. The lowest BCUT2D eigenvalue weighted by atomic mass is 9.94. The van der Waals surface area contributed by atoms with E-state index in [2.05, 4.69) is 48.6 Å². The molecule has 0 heterocycles. The van der Waals surface area contributed by atoms with Gasteiger partial charge in [0.2, 0.25) is 0 Å². The van der Waals surface area contributed by atoms with Gasteiger partial charge in [0.15, 0.2) is 11.5 Å². The quantitative estimate of drug-likeness (QED) is 0.366. The first-order chi connectivity index (χ1) is 13.0. The largest absolute Gasteiger partial charge is 0.508 e. The van der Waals surface area contributed by atoms with E-state index in [1.54, 1.807) is 0 Å². The van der Waals surface area contributed by atoms with Crippen molar-refractivity contribution in [3.63, 3.8) is 0 Å². The fourth-order valence-electron chi connectivity index (χ4n) is 4.12. The van der Waals surface area contributed by atoms with E-state index < -0.39 is 0 Å². The molecule has 2 atom stereocenters. The summed E-state index contributed by atoms with van der Waals surface area (Å²) in [4.78, 5) is 0. The number of phenolic OH excluding ortho intramolecular Hbond substituents is 3. The second kappa shape index (κ2) is 6.54. The minimum Gasteiger partial charge on any atom is -0.508 e. The zero-order chi connectivity index (χ0) is 19.1. The lowest BCUT2D eigenvalue weighted by molar-refractivity contribution is 0.390. The van der Waals surface area contributed by atoms with Gasteiger partial charge >= 0.3 is 0 Å². The van der Waals surface area contributed by atoms with E-state index in [0.717, 1.165) is 18.2 Å². The molecule has 27 heavy (non-hydrogen) atoms. The highest BCUT2D eigenvalue weighted by Gasteiger charge is 2.27. The van der Waals surface area contributed by atoms with Crippen LogP contribution in [-0.2, 0) is 0 Å². The monoisotopic (exact) mass is 361 g/mol. The molecule has 1 aliphatic carbocycles. The van der Waals surface area contributed by atoms with Crippen molar-refractivity contribution in [3.8, 4) is 28.4 Å². The summed E-state index contributed by atoms with van der Waals surface area (Å²) < 4.78 is 0. The van der Waals surface area contributed by atoms with Crippen LogP contribution in [0, 0.1) is 0 Å². The van der Waals surface area contributed by atoms with Gasteiger partial charge in [0, 0.05) is 23.2 Å². The van der Waals surface area contributed by atoms with E-state index in [1.165, 1.54) is 28.3 Å². The molecular formula is C23H23NO3. The van der Waals surface area contributed by atoms with Crippen molar-refractivity contribution in [3.05, 3.63) is 71.3 Å². The predicted octanol–water partition coefficient (Wildman–Crippen LogP) is 5.50. The van der Waals surface area contributed by atoms with Crippen molar-refractivity contribution in [1.29, 1.82) is 0 Å². The number of aromatic hydroxyl groups is 3. The molecule has 0 radical (unpaired) electrons. The van der Waals surface area contributed by atoms with Crippen LogP contribution >= 0.6 is 0 Å². The van der Waals surface area contributed by atoms with E-state index in [1.807, 2.05) is 13.0 Å². The molecule has 0 saturated carbocycles. The molecule has 0 fully saturated rings. The number of hydrogen-bond donors (Lipinski definition) is 4. The molecule has 3 aromatic carbocycles. The highest BCUT2D eigenvalue weighted by Crippen LogP contribution is 2.47. The first-order valence-corrected chi connectivity index (χ1v) is 9.24. The normalized spacial score (nSPS) is 15.9. The van der Waals surface area contributed by atoms with Gasteiger partial charge in [0.05, 0.1) is 6.04 Å². The number of rotatable bonds is 4. The first kappa shape index (κ1) is 17.3. The predicted molar refractivity (Wildman–Crippen MR) is 107 cm³/mol. The number of fused-ring (bicyclic) bond motifs is 3. The third kappa shape index (κ3) is 2.87. The number of nitrogens with one attached hydrogen (secondary N) is 1. The Hall–Kier alpha value is -3.14. The molecular weight excluding hydrogens is 338 g/mol. The van der Waals surface area contributed by atoms with Crippen molar-refractivity contribution >= 4 is 5.69 Å². The summed E-state index contributed by atoms with van der Waals surface area (Å²) in [6, 6.07) is 17.2. The summed E-state index contributed by atoms with van der Waals surface area (Å²) in [7, 11) is 0. The van der Waals surface area contributed by atoms with Gasteiger partial charge < -0.3 is 20.6 Å². The van der Waals surface area contributed by atoms with Crippen LogP contribution in [0.3, 0.4) is 0 Å². The Morgan fingerprint density at radius 1 is 0.926 bits per heavy atom. The van der Waals surface area contributed by atoms with Gasteiger partial charge in [-0.2, -0.15) is 0 Å². The Morgan fingerprint density at radius 2 is 1.67 bits per heavy atom. The number of hydrogen-bond acceptors (Lipinski definition) is 4. The van der Waals surface area contributed by atoms with Crippen LogP contribution in [0.15, 0.2) is 54.6 Å². The molecule has 0 amide bonds. The average Bonchev–Trinajstić information content (AvgIpc) is 2.97. The van der Waals surface area contributed by atoms with Gasteiger partial charge in [-0.1, -0.05) is 37.3 Å². The highest BCUT2D eigenvalue weighted by atomic mass is 16.3. The number of anilines is 1. The molecule has 0 bridgehead atoms. The molecule has 3 aromatic rings. The summed E-state index contributed by atoms with van der Waals surface area (Å²) >= 11 is 0. The van der Waals surface area contributed by atoms with Crippen molar-refractivity contribution in [2.75, 3.05) is 5.32 Å². The lowest BCUT2D eigenvalue weighted by Gasteiger charge is -2.19. The number of benzene rings is 3. The van der Waals surface area contributed by atoms with E-state index in [4.69, 9.17) is 0 Å². The van der Waals surface area contributed by atoms with Crippen LogP contribution in [0.25, 0.3) is 11.1 Å². The topological polar surface area (TPSA) is 72.7 Å². The minimum atomic E-state index is -0.327. The zero-order valence-corrected chi connectivity index (χ0v) is 15.4. The third-order valence-electron chi connectivity index (χ3n) is 5.42. The Morgan fingerprint density at radius 3 is 2.44 bits per heavy atom. The first-order valence-electron chi connectivity index (χ1n) is 9.24. The maximum Gasteiger partial charge on any atom is 0.163 e. The van der Waals surface area contributed by atoms with E-state index in [-0.39, 0.29) is 23.3 Å². The third-order valence-corrected chi connectivity index (χ3v) is 5.42. The van der Waals surface area contributed by atoms with E-state index >= 15 is 0 Å². The molecule has 0 aliphatic heterocycles. The summed E-state index contributed by atoms with van der Waals surface area (Å²) in [6.07, 6.45) is 1.06. The smallest absolute Gasteiger partial charge is 0.163 e. The Kier molecular flexibility index (Phi) is 4.19. The van der Waals surface area contributed by atoms with Crippen molar-refractivity contribution < 1.29 is 15.3 Å². The second-order valence-corrected chi connectivity index (χ2v) is 7.12. The molecule has 0 aromatic heterocycles. The SMILES string of the molecule is CCC1c2ccccc2-c2cc(NC(C)c3cc(O)cc(O)c3O)ccc21. The Bertz CT molecular complexity index is 1010. The van der Waals surface area contributed by atoms with Crippen molar-refractivity contribution in [2.24, 2.45) is 0 Å². The number of phenols is 3. The van der Waals surface area contributed by atoms with E-state index in [9.17, 15) is 15.3 Å². The summed E-state index contributed by atoms with van der Waals surface area (Å²) in [5.74, 6) is -0.199. The van der Waals surface area contributed by atoms with Gasteiger partial charge in [-0.3, -0.25) is 0 Å². The highest BCUT2D eigenvalue weighted by molar-refractivity contribution is 5.81. The molecule has 1 aliphatic rings. The van der Waals surface area contributed by atoms with Gasteiger partial charge in [0.25, 0.3) is 0 Å². The van der Waals surface area contributed by atoms with Crippen molar-refractivity contribution in [1.82, 2.24) is 0 Å². The van der Waals surface area contributed by atoms with Gasteiger partial charge in [-0.25, -0.2) is 0 Å². The zero-order valence-electron chi connectivity index (χ0n) is 15.4. The van der Waals surface area contributed by atoms with Gasteiger partial charge in [0.1, 0.15) is 5.75 Å². The fraction of sp³-hybridized carbons (Fsp3) is 0.217. The van der Waals surface area contributed by atoms with Crippen LogP contribution in [0.5, 0.6) is 17.2 Å². The second-order valence-electron chi connectivity index (χ2n) is 7.12. The summed E-state index contributed by atoms with van der Waals surface area (Å²) in [5, 5.41) is 33.0. The standard InChI is InChI=1S/C23H23NO3/c1-3-16-17-6-4-5-7-18(17)21-10-14(8-9-19(16)21)24-13(2)20-11-15(25)12-22(26)23(20)27/h4-13,16,24-27H,3H2,1-2H3. The van der Waals surface area contributed by atoms with Crippen LogP contribution in [0.2, 0.25) is 0 Å². The molecule has 4 heteroatoms. The Balaban J connectivity index is 1.68. The molecule has 2 unspecified atom stereocenters. The molecule has 4 nitrogen and oxygen atoms in total. The van der Waals surface area contributed by atoms with Crippen LogP contribution < -0.4 is 5.32 Å². The maximum atomic E-state index is 10.1. The molecule has 4 rings (SSSR count).